The third-order valence-electron chi connectivity index (χ3n) is 12.8. The number of esters is 2. The van der Waals surface area contributed by atoms with Gasteiger partial charge in [0.25, 0.3) is 0 Å². The van der Waals surface area contributed by atoms with Crippen molar-refractivity contribution in [2.45, 2.75) is 276 Å². The highest BCUT2D eigenvalue weighted by Gasteiger charge is 2.50. The lowest BCUT2D eigenvalue weighted by Crippen LogP contribution is -2.46. The summed E-state index contributed by atoms with van der Waals surface area (Å²) in [5, 5.41) is 0. The van der Waals surface area contributed by atoms with E-state index in [0.29, 0.717) is 26.1 Å². The lowest BCUT2D eigenvalue weighted by molar-refractivity contribution is -0.204. The second-order valence-corrected chi connectivity index (χ2v) is 18.4. The van der Waals surface area contributed by atoms with E-state index < -0.39 is 5.79 Å². The third-order valence-corrected chi connectivity index (χ3v) is 12.8. The fourth-order valence-corrected chi connectivity index (χ4v) is 8.88. The van der Waals surface area contributed by atoms with Gasteiger partial charge in [-0.25, -0.2) is 0 Å². The van der Waals surface area contributed by atoms with E-state index in [0.717, 1.165) is 116 Å². The minimum Gasteiger partial charge on any atom is -0.466 e. The molecule has 2 aliphatic rings. The molecule has 0 N–H and O–H groups in total. The van der Waals surface area contributed by atoms with E-state index in [1.165, 1.54) is 122 Å². The zero-order valence-electron chi connectivity index (χ0n) is 38.5. The zero-order valence-corrected chi connectivity index (χ0v) is 38.5. The van der Waals surface area contributed by atoms with Crippen LogP contribution in [0, 0.1) is 0 Å². The summed E-state index contributed by atoms with van der Waals surface area (Å²) in [5.74, 6) is -0.534. The molecule has 0 aromatic carbocycles. The Morgan fingerprint density at radius 2 is 0.965 bits per heavy atom. The summed E-state index contributed by atoms with van der Waals surface area (Å²) in [4.78, 5) is 27.7. The fourth-order valence-electron chi connectivity index (χ4n) is 8.88. The average molecular weight is 806 g/mol. The Bertz CT molecular complexity index is 935. The molecule has 2 heterocycles. The Balaban J connectivity index is 1.66. The lowest BCUT2D eigenvalue weighted by atomic mass is 9.92. The van der Waals surface area contributed by atoms with Crippen LogP contribution >= 0.6 is 0 Å². The van der Waals surface area contributed by atoms with Crippen LogP contribution in [0.1, 0.15) is 258 Å². The Morgan fingerprint density at radius 3 is 1.49 bits per heavy atom. The van der Waals surface area contributed by atoms with Gasteiger partial charge in [0.15, 0.2) is 5.79 Å². The number of rotatable bonds is 39. The molecule has 0 aromatic heterocycles. The molecule has 0 aromatic rings. The molecule has 336 valence electrons. The number of hydrogen-bond donors (Lipinski definition) is 0. The molecule has 0 aliphatic carbocycles. The maximum atomic E-state index is 12.9. The molecule has 1 spiro atoms. The maximum Gasteiger partial charge on any atom is 0.306 e. The highest BCUT2D eigenvalue weighted by atomic mass is 16.8. The molecule has 7 heteroatoms. The van der Waals surface area contributed by atoms with Gasteiger partial charge in [0.1, 0.15) is 6.10 Å². The van der Waals surface area contributed by atoms with Crippen molar-refractivity contribution in [1.82, 2.24) is 4.90 Å². The van der Waals surface area contributed by atoms with Gasteiger partial charge in [-0.15, -0.1) is 0 Å². The van der Waals surface area contributed by atoms with E-state index in [1.807, 2.05) is 0 Å². The second-order valence-electron chi connectivity index (χ2n) is 18.4. The van der Waals surface area contributed by atoms with Crippen LogP contribution in [0.4, 0.5) is 0 Å². The largest absolute Gasteiger partial charge is 0.466 e. The number of carbonyl (C=O) groups excluding carboxylic acids is 2. The monoisotopic (exact) mass is 806 g/mol. The van der Waals surface area contributed by atoms with Gasteiger partial charge in [-0.2, -0.15) is 0 Å². The molecule has 1 unspecified atom stereocenters. The summed E-state index contributed by atoms with van der Waals surface area (Å²) >= 11 is 0. The number of carbonyl (C=O) groups is 2. The van der Waals surface area contributed by atoms with Crippen LogP contribution in [-0.4, -0.2) is 67.7 Å². The molecule has 2 fully saturated rings. The van der Waals surface area contributed by atoms with Gasteiger partial charge in [-0.05, 0) is 77.7 Å². The summed E-state index contributed by atoms with van der Waals surface area (Å²) in [6.45, 7) is 10.2. The molecule has 57 heavy (non-hydrogen) atoms. The molecule has 1 atom stereocenters. The molecule has 0 bridgehead atoms. The van der Waals surface area contributed by atoms with Crippen molar-refractivity contribution >= 4 is 11.9 Å². The molecule has 2 rings (SSSR count). The van der Waals surface area contributed by atoms with Gasteiger partial charge in [-0.1, -0.05) is 162 Å². The molecule has 0 saturated carbocycles. The standard InChI is InChI=1S/C50H95NO6/c1-5-8-11-14-17-18-19-25-33-44-54-47(52)36-30-26-32-39-50(55-45-49(57-50)40-42-51(4)43-41-49)38-31-24-20-23-29-37-48(53)56-46(34-27-21-15-12-9-6-2)35-28-22-16-13-10-7-3/h46H,5-45H2,1-4H3. The zero-order chi connectivity index (χ0) is 41.1. The summed E-state index contributed by atoms with van der Waals surface area (Å²) in [6, 6.07) is 0. The van der Waals surface area contributed by atoms with E-state index in [-0.39, 0.29) is 23.6 Å². The molecule has 7 nitrogen and oxygen atoms in total. The second kappa shape index (κ2) is 34.5. The summed E-state index contributed by atoms with van der Waals surface area (Å²) < 4.78 is 25.2. The first kappa shape index (κ1) is 52.0. The minimum absolute atomic E-state index is 0.0131. The quantitative estimate of drug-likeness (QED) is 0.0452. The van der Waals surface area contributed by atoms with Crippen molar-refractivity contribution in [3.8, 4) is 0 Å². The van der Waals surface area contributed by atoms with Crippen molar-refractivity contribution in [3.05, 3.63) is 0 Å². The van der Waals surface area contributed by atoms with Crippen LogP contribution in [0.2, 0.25) is 0 Å². The minimum atomic E-state index is -0.503. The van der Waals surface area contributed by atoms with Crippen LogP contribution in [-0.2, 0) is 28.5 Å². The van der Waals surface area contributed by atoms with Crippen molar-refractivity contribution in [3.63, 3.8) is 0 Å². The van der Waals surface area contributed by atoms with Crippen molar-refractivity contribution in [2.75, 3.05) is 33.4 Å². The maximum absolute atomic E-state index is 12.9. The molecular weight excluding hydrogens is 711 g/mol. The number of nitrogens with zero attached hydrogens (tertiary/aromatic N) is 1. The van der Waals surface area contributed by atoms with Crippen molar-refractivity contribution in [2.24, 2.45) is 0 Å². The molecule has 0 amide bonds. The predicted octanol–water partition coefficient (Wildman–Crippen LogP) is 14.4. The summed E-state index contributed by atoms with van der Waals surface area (Å²) in [5.41, 5.74) is -0.145. The highest BCUT2D eigenvalue weighted by Crippen LogP contribution is 2.43. The Morgan fingerprint density at radius 1 is 0.544 bits per heavy atom. The number of unbranched alkanes of at least 4 members (excludes halogenated alkanes) is 24. The Labute approximate surface area is 353 Å². The number of piperidine rings is 1. The van der Waals surface area contributed by atoms with E-state index in [1.54, 1.807) is 0 Å². The van der Waals surface area contributed by atoms with Gasteiger partial charge < -0.3 is 23.8 Å². The normalized spacial score (nSPS) is 18.2. The van der Waals surface area contributed by atoms with Gasteiger partial charge in [0.2, 0.25) is 0 Å². The molecule has 0 radical (unpaired) electrons. The van der Waals surface area contributed by atoms with Gasteiger partial charge in [0, 0.05) is 38.8 Å². The van der Waals surface area contributed by atoms with Crippen LogP contribution in [0.25, 0.3) is 0 Å². The highest BCUT2D eigenvalue weighted by molar-refractivity contribution is 5.69. The molecule has 2 saturated heterocycles. The van der Waals surface area contributed by atoms with E-state index >= 15 is 0 Å². The van der Waals surface area contributed by atoms with Crippen LogP contribution in [0.3, 0.4) is 0 Å². The van der Waals surface area contributed by atoms with Crippen molar-refractivity contribution < 1.29 is 28.5 Å². The number of likely N-dealkylation sites (tertiary alicyclic amines) is 1. The van der Waals surface area contributed by atoms with Gasteiger partial charge in [0.05, 0.1) is 18.8 Å². The first-order chi connectivity index (χ1) is 27.9. The van der Waals surface area contributed by atoms with Gasteiger partial charge >= 0.3 is 11.9 Å². The molecular formula is C50H95NO6. The number of hydrogen-bond acceptors (Lipinski definition) is 7. The van der Waals surface area contributed by atoms with Crippen LogP contribution in [0.5, 0.6) is 0 Å². The van der Waals surface area contributed by atoms with E-state index in [2.05, 4.69) is 32.7 Å². The van der Waals surface area contributed by atoms with Crippen molar-refractivity contribution in [1.29, 1.82) is 0 Å². The van der Waals surface area contributed by atoms with E-state index in [9.17, 15) is 9.59 Å². The van der Waals surface area contributed by atoms with E-state index in [4.69, 9.17) is 18.9 Å². The first-order valence-electron chi connectivity index (χ1n) is 25.2. The predicted molar refractivity (Wildman–Crippen MR) is 239 cm³/mol. The summed E-state index contributed by atoms with van der Waals surface area (Å²) in [6.07, 6.45) is 42.1. The van der Waals surface area contributed by atoms with Crippen LogP contribution < -0.4 is 0 Å². The fraction of sp³-hybridized carbons (Fsp3) is 0.960. The Kier molecular flexibility index (Phi) is 31.5. The summed E-state index contributed by atoms with van der Waals surface area (Å²) in [7, 11) is 2.20. The average Bonchev–Trinajstić information content (AvgIpc) is 3.56. The molecule has 2 aliphatic heterocycles. The first-order valence-corrected chi connectivity index (χ1v) is 25.2. The smallest absolute Gasteiger partial charge is 0.306 e. The SMILES string of the molecule is CCCCCCCCCCCOC(=O)CCCCCC1(CCCCCCCC(=O)OC(CCCCCCCC)CCCCCCCC)OCC2(CCN(C)CC2)O1. The lowest BCUT2D eigenvalue weighted by Gasteiger charge is -2.38. The topological polar surface area (TPSA) is 74.3 Å². The third kappa shape index (κ3) is 26.6. The van der Waals surface area contributed by atoms with Crippen LogP contribution in [0.15, 0.2) is 0 Å². The Hall–Kier alpha value is -1.18. The number of ether oxygens (including phenoxy) is 4. The van der Waals surface area contributed by atoms with Gasteiger partial charge in [-0.3, -0.25) is 9.59 Å².